The van der Waals surface area contributed by atoms with Gasteiger partial charge >= 0.3 is 0 Å². The van der Waals surface area contributed by atoms with E-state index in [1.54, 1.807) is 6.07 Å². The van der Waals surface area contributed by atoms with Crippen molar-refractivity contribution < 1.29 is 5.11 Å². The summed E-state index contributed by atoms with van der Waals surface area (Å²) in [4.78, 5) is 2.60. The first-order chi connectivity index (χ1) is 10.1. The number of nitrogens with zero attached hydrogens (tertiary/aromatic N) is 2. The molecule has 1 aromatic rings. The maximum atomic E-state index is 9.57. The predicted octanol–water partition coefficient (Wildman–Crippen LogP) is 2.34. The van der Waals surface area contributed by atoms with E-state index in [9.17, 15) is 5.11 Å². The number of phenolic OH excluding ortho intramolecular Hbond substituents is 1. The van der Waals surface area contributed by atoms with Crippen LogP contribution in [-0.2, 0) is 6.42 Å². The quantitative estimate of drug-likeness (QED) is 0.892. The normalized spacial score (nSPS) is 27.8. The minimum absolute atomic E-state index is 0.365. The topological polar surface area (TPSA) is 38.7 Å². The van der Waals surface area contributed by atoms with E-state index in [4.69, 9.17) is 0 Å². The van der Waals surface area contributed by atoms with Crippen LogP contribution in [-0.4, -0.2) is 46.4 Å². The summed E-state index contributed by atoms with van der Waals surface area (Å²) in [6.45, 7) is 6.92. The van der Waals surface area contributed by atoms with Crippen molar-refractivity contribution in [1.29, 1.82) is 0 Å². The average molecular weight is 289 g/mol. The second kappa shape index (κ2) is 6.34. The molecule has 0 bridgehead atoms. The lowest BCUT2D eigenvalue weighted by Gasteiger charge is -2.35. The van der Waals surface area contributed by atoms with Crippen molar-refractivity contribution in [2.45, 2.75) is 57.8 Å². The Bertz CT molecular complexity index is 477. The van der Waals surface area contributed by atoms with Gasteiger partial charge in [-0.2, -0.15) is 0 Å². The van der Waals surface area contributed by atoms with E-state index in [1.165, 1.54) is 31.4 Å². The molecule has 2 heterocycles. The highest BCUT2D eigenvalue weighted by Gasteiger charge is 2.35. The van der Waals surface area contributed by atoms with Crippen LogP contribution in [0.5, 0.6) is 5.75 Å². The number of nitrogens with one attached hydrogen (secondary N) is 1. The monoisotopic (exact) mass is 289 g/mol. The van der Waals surface area contributed by atoms with Gasteiger partial charge in [-0.1, -0.05) is 12.1 Å². The van der Waals surface area contributed by atoms with Gasteiger partial charge in [0.2, 0.25) is 0 Å². The molecule has 2 saturated heterocycles. The molecule has 1 aromatic carbocycles. The molecule has 3 rings (SSSR count). The van der Waals surface area contributed by atoms with E-state index in [-0.39, 0.29) is 0 Å². The molecule has 0 spiro atoms. The maximum Gasteiger partial charge on any atom is 0.115 e. The van der Waals surface area contributed by atoms with Crippen LogP contribution in [0.25, 0.3) is 0 Å². The van der Waals surface area contributed by atoms with Crippen molar-refractivity contribution in [2.24, 2.45) is 0 Å². The lowest BCUT2D eigenvalue weighted by atomic mass is 10.0. The molecule has 2 aliphatic rings. The molecule has 2 aliphatic heterocycles. The van der Waals surface area contributed by atoms with Gasteiger partial charge in [0.1, 0.15) is 5.75 Å². The molecule has 116 valence electrons. The predicted molar refractivity (Wildman–Crippen MR) is 84.9 cm³/mol. The van der Waals surface area contributed by atoms with Gasteiger partial charge in [0.15, 0.2) is 0 Å². The first-order valence-electron chi connectivity index (χ1n) is 8.20. The maximum absolute atomic E-state index is 9.57. The Balaban J connectivity index is 1.58. The Labute approximate surface area is 127 Å². The van der Waals surface area contributed by atoms with Gasteiger partial charge in [0.25, 0.3) is 0 Å². The zero-order valence-electron chi connectivity index (χ0n) is 13.1. The van der Waals surface area contributed by atoms with Crippen LogP contribution in [0.1, 0.15) is 38.7 Å². The van der Waals surface area contributed by atoms with Crippen LogP contribution >= 0.6 is 0 Å². The molecule has 2 fully saturated rings. The van der Waals surface area contributed by atoms with Crippen LogP contribution < -0.4 is 5.43 Å². The first-order valence-corrected chi connectivity index (χ1v) is 8.20. The summed E-state index contributed by atoms with van der Waals surface area (Å²) in [6, 6.07) is 8.73. The van der Waals surface area contributed by atoms with Crippen LogP contribution in [0, 0.1) is 0 Å². The van der Waals surface area contributed by atoms with Gasteiger partial charge in [-0.25, -0.2) is 5.01 Å². The summed E-state index contributed by atoms with van der Waals surface area (Å²) in [5, 5.41) is 12.0. The summed E-state index contributed by atoms with van der Waals surface area (Å²) in [5.41, 5.74) is 4.91. The Morgan fingerprint density at radius 3 is 2.90 bits per heavy atom. The Morgan fingerprint density at radius 2 is 2.14 bits per heavy atom. The largest absolute Gasteiger partial charge is 0.508 e. The van der Waals surface area contributed by atoms with Crippen molar-refractivity contribution in [3.63, 3.8) is 0 Å². The third-order valence-corrected chi connectivity index (χ3v) is 4.74. The molecule has 2 N–H and O–H groups in total. The van der Waals surface area contributed by atoms with Crippen molar-refractivity contribution in [3.8, 4) is 5.75 Å². The van der Waals surface area contributed by atoms with Crippen molar-refractivity contribution in [1.82, 2.24) is 15.3 Å². The first kappa shape index (κ1) is 14.8. The van der Waals surface area contributed by atoms with Crippen molar-refractivity contribution >= 4 is 0 Å². The van der Waals surface area contributed by atoms with Crippen LogP contribution in [0.2, 0.25) is 0 Å². The number of benzene rings is 1. The summed E-state index contributed by atoms with van der Waals surface area (Å²) in [5.74, 6) is 0.365. The number of hydrogen-bond donors (Lipinski definition) is 2. The molecule has 2 atom stereocenters. The number of hydrazine groups is 1. The molecule has 4 heteroatoms. The van der Waals surface area contributed by atoms with Crippen LogP contribution in [0.3, 0.4) is 0 Å². The third kappa shape index (κ3) is 3.39. The zero-order chi connectivity index (χ0) is 14.8. The van der Waals surface area contributed by atoms with Gasteiger partial charge in [-0.05, 0) is 57.2 Å². The molecule has 0 saturated carbocycles. The number of phenols is 1. The Hall–Kier alpha value is -1.10. The van der Waals surface area contributed by atoms with Gasteiger partial charge in [-0.15, -0.1) is 0 Å². The third-order valence-electron chi connectivity index (χ3n) is 4.74. The second-order valence-corrected chi connectivity index (χ2v) is 6.64. The minimum atomic E-state index is 0.365. The minimum Gasteiger partial charge on any atom is -0.508 e. The Kier molecular flexibility index (Phi) is 4.48. The molecule has 4 nitrogen and oxygen atoms in total. The second-order valence-electron chi connectivity index (χ2n) is 6.64. The van der Waals surface area contributed by atoms with Gasteiger partial charge in [0.05, 0.1) is 6.17 Å². The fourth-order valence-corrected chi connectivity index (χ4v) is 3.72. The van der Waals surface area contributed by atoms with Crippen LogP contribution in [0.15, 0.2) is 24.3 Å². The highest BCUT2D eigenvalue weighted by atomic mass is 16.3. The van der Waals surface area contributed by atoms with Crippen LogP contribution in [0.4, 0.5) is 0 Å². The highest BCUT2D eigenvalue weighted by Crippen LogP contribution is 2.25. The molecule has 0 radical (unpaired) electrons. The SMILES string of the molecule is CC(C)N1CCC[C@H]1N1CCC(Cc2cccc(O)c2)N1. The fraction of sp³-hybridized carbons (Fsp3) is 0.647. The van der Waals surface area contributed by atoms with Crippen molar-refractivity contribution in [2.75, 3.05) is 13.1 Å². The highest BCUT2D eigenvalue weighted by molar-refractivity contribution is 5.27. The standard InChI is InChI=1S/C17H27N3O/c1-13(2)19-9-4-7-17(19)20-10-8-15(18-20)11-14-5-3-6-16(21)12-14/h3,5-6,12-13,15,17-18,21H,4,7-11H2,1-2H3/t15?,17-/m1/s1. The zero-order valence-corrected chi connectivity index (χ0v) is 13.1. The van der Waals surface area contributed by atoms with Crippen molar-refractivity contribution in [3.05, 3.63) is 29.8 Å². The fourth-order valence-electron chi connectivity index (χ4n) is 3.72. The molecular weight excluding hydrogens is 262 g/mol. The average Bonchev–Trinajstić information content (AvgIpc) is 3.06. The summed E-state index contributed by atoms with van der Waals surface area (Å²) >= 11 is 0. The van der Waals surface area contributed by atoms with E-state index in [0.717, 1.165) is 13.0 Å². The summed E-state index contributed by atoms with van der Waals surface area (Å²) < 4.78 is 0. The lowest BCUT2D eigenvalue weighted by Crippen LogP contribution is -2.51. The number of hydrogen-bond acceptors (Lipinski definition) is 4. The molecule has 0 aliphatic carbocycles. The van der Waals surface area contributed by atoms with E-state index in [2.05, 4.69) is 35.2 Å². The summed E-state index contributed by atoms with van der Waals surface area (Å²) in [7, 11) is 0. The Morgan fingerprint density at radius 1 is 1.29 bits per heavy atom. The molecule has 21 heavy (non-hydrogen) atoms. The molecule has 0 amide bonds. The molecule has 1 unspecified atom stereocenters. The van der Waals surface area contributed by atoms with E-state index in [0.29, 0.717) is 24.0 Å². The van der Waals surface area contributed by atoms with Gasteiger partial charge < -0.3 is 5.11 Å². The van der Waals surface area contributed by atoms with E-state index >= 15 is 0 Å². The number of rotatable bonds is 4. The lowest BCUT2D eigenvalue weighted by molar-refractivity contribution is 0.0347. The number of likely N-dealkylation sites (tertiary alicyclic amines) is 1. The van der Waals surface area contributed by atoms with E-state index in [1.807, 2.05) is 12.1 Å². The van der Waals surface area contributed by atoms with E-state index < -0.39 is 0 Å². The molecular formula is C17H27N3O. The number of aromatic hydroxyl groups is 1. The molecule has 0 aromatic heterocycles. The smallest absolute Gasteiger partial charge is 0.115 e. The van der Waals surface area contributed by atoms with Gasteiger partial charge in [0, 0.05) is 25.2 Å². The van der Waals surface area contributed by atoms with Gasteiger partial charge in [-0.3, -0.25) is 10.3 Å². The summed E-state index contributed by atoms with van der Waals surface area (Å²) in [6.07, 6.45) is 5.29.